The molecular formula is C19H31ClN4O2S2. The van der Waals surface area contributed by atoms with E-state index in [1.807, 2.05) is 25.1 Å². The van der Waals surface area contributed by atoms with Crippen LogP contribution in [0.15, 0.2) is 29.3 Å². The van der Waals surface area contributed by atoms with Crippen LogP contribution in [0.2, 0.25) is 5.02 Å². The molecule has 0 radical (unpaired) electrons. The van der Waals surface area contributed by atoms with E-state index in [0.717, 1.165) is 30.4 Å². The maximum absolute atomic E-state index is 12.2. The van der Waals surface area contributed by atoms with E-state index in [-0.39, 0.29) is 17.0 Å². The van der Waals surface area contributed by atoms with Crippen molar-refractivity contribution in [2.75, 3.05) is 38.7 Å². The molecule has 6 nitrogen and oxygen atoms in total. The lowest BCUT2D eigenvalue weighted by Gasteiger charge is -2.32. The number of piperidine rings is 1. The Morgan fingerprint density at radius 1 is 1.39 bits per heavy atom. The largest absolute Gasteiger partial charge is 0.355 e. The molecule has 0 aromatic heterocycles. The number of rotatable bonds is 8. The van der Waals surface area contributed by atoms with Gasteiger partial charge in [-0.15, -0.1) is 0 Å². The number of hydrogen-bond acceptors (Lipinski definition) is 4. The summed E-state index contributed by atoms with van der Waals surface area (Å²) in [5.41, 5.74) is 1.18. The summed E-state index contributed by atoms with van der Waals surface area (Å²) < 4.78 is 26.0. The van der Waals surface area contributed by atoms with E-state index in [1.165, 1.54) is 5.56 Å². The molecule has 0 amide bonds. The number of halogens is 1. The van der Waals surface area contributed by atoms with E-state index in [9.17, 15) is 8.42 Å². The van der Waals surface area contributed by atoms with Crippen LogP contribution >= 0.6 is 23.4 Å². The molecule has 0 spiro atoms. The van der Waals surface area contributed by atoms with E-state index in [2.05, 4.69) is 27.9 Å². The highest BCUT2D eigenvalue weighted by atomic mass is 35.5. The minimum Gasteiger partial charge on any atom is -0.355 e. The van der Waals surface area contributed by atoms with Gasteiger partial charge in [-0.05, 0) is 43.2 Å². The van der Waals surface area contributed by atoms with E-state index in [0.29, 0.717) is 19.5 Å². The van der Waals surface area contributed by atoms with Crippen molar-refractivity contribution in [2.24, 2.45) is 4.99 Å². The number of nitrogens with zero attached hydrogens (tertiary/aromatic N) is 2. The van der Waals surface area contributed by atoms with Crippen molar-refractivity contribution in [3.63, 3.8) is 0 Å². The van der Waals surface area contributed by atoms with Gasteiger partial charge >= 0.3 is 0 Å². The van der Waals surface area contributed by atoms with Gasteiger partial charge in [0.2, 0.25) is 10.0 Å². The average Bonchev–Trinajstić information content (AvgIpc) is 2.68. The first-order chi connectivity index (χ1) is 13.4. The van der Waals surface area contributed by atoms with Crippen LogP contribution in [0.3, 0.4) is 0 Å². The van der Waals surface area contributed by atoms with Crippen molar-refractivity contribution in [1.82, 2.24) is 14.9 Å². The van der Waals surface area contributed by atoms with Crippen molar-refractivity contribution in [3.05, 3.63) is 34.9 Å². The molecule has 1 aromatic carbocycles. The van der Waals surface area contributed by atoms with E-state index < -0.39 is 10.0 Å². The molecule has 1 aromatic rings. The van der Waals surface area contributed by atoms with Gasteiger partial charge in [-0.3, -0.25) is 4.99 Å². The average molecular weight is 447 g/mol. The smallest absolute Gasteiger partial charge is 0.214 e. The number of benzene rings is 1. The second kappa shape index (κ2) is 11.3. The molecule has 1 atom stereocenters. The zero-order valence-electron chi connectivity index (χ0n) is 16.8. The number of sulfonamides is 1. The summed E-state index contributed by atoms with van der Waals surface area (Å²) in [5.74, 6) is 0.976. The first-order valence-corrected chi connectivity index (χ1v) is 12.9. The molecule has 158 valence electrons. The van der Waals surface area contributed by atoms with Crippen molar-refractivity contribution < 1.29 is 8.42 Å². The summed E-state index contributed by atoms with van der Waals surface area (Å²) in [7, 11) is -1.35. The number of hydrogen-bond donors (Lipinski definition) is 2. The number of aliphatic imine (C=N–C) groups is 1. The number of guanidine groups is 1. The Balaban J connectivity index is 1.85. The van der Waals surface area contributed by atoms with Crippen LogP contribution in [-0.4, -0.2) is 63.4 Å². The zero-order chi connectivity index (χ0) is 20.6. The van der Waals surface area contributed by atoms with Crippen molar-refractivity contribution in [3.8, 4) is 0 Å². The van der Waals surface area contributed by atoms with Gasteiger partial charge in [0.05, 0.1) is 5.75 Å². The Morgan fingerprint density at radius 3 is 2.68 bits per heavy atom. The third kappa shape index (κ3) is 6.83. The molecule has 2 rings (SSSR count). The fourth-order valence-electron chi connectivity index (χ4n) is 3.29. The molecule has 1 saturated heterocycles. The molecular weight excluding hydrogens is 416 g/mol. The van der Waals surface area contributed by atoms with Gasteiger partial charge in [-0.2, -0.15) is 11.8 Å². The van der Waals surface area contributed by atoms with Crippen molar-refractivity contribution in [2.45, 2.75) is 37.5 Å². The lowest BCUT2D eigenvalue weighted by Crippen LogP contribution is -2.50. The van der Waals surface area contributed by atoms with Gasteiger partial charge in [0.1, 0.15) is 0 Å². The highest BCUT2D eigenvalue weighted by Gasteiger charge is 2.27. The molecule has 28 heavy (non-hydrogen) atoms. The summed E-state index contributed by atoms with van der Waals surface area (Å²) in [4.78, 5) is 4.32. The maximum Gasteiger partial charge on any atom is 0.214 e. The highest BCUT2D eigenvalue weighted by molar-refractivity contribution is 7.98. The number of thioether (sulfide) groups is 1. The standard InChI is InChI=1S/C19H31ClN4O2S2/c1-4-12-28(25,26)24-10-8-17(9-11-24)23-19(21-2)22-14-18(27-3)15-6-5-7-16(20)13-15/h5-7,13,17-18H,4,8-12,14H2,1-3H3,(H2,21,22,23). The molecule has 1 fully saturated rings. The third-order valence-corrected chi connectivity index (χ3v) is 8.15. The SMILES string of the molecule is CCCS(=O)(=O)N1CCC(NC(=NC)NCC(SC)c2cccc(Cl)c2)CC1. The van der Waals surface area contributed by atoms with Crippen LogP contribution in [0.25, 0.3) is 0 Å². The van der Waals surface area contributed by atoms with Crippen molar-refractivity contribution in [1.29, 1.82) is 0 Å². The molecule has 2 N–H and O–H groups in total. The van der Waals surface area contributed by atoms with Crippen LogP contribution in [0.4, 0.5) is 0 Å². The van der Waals surface area contributed by atoms with Gasteiger partial charge < -0.3 is 10.6 Å². The predicted octanol–water partition coefficient (Wildman–Crippen LogP) is 3.11. The zero-order valence-corrected chi connectivity index (χ0v) is 19.2. The van der Waals surface area contributed by atoms with E-state index >= 15 is 0 Å². The lowest BCUT2D eigenvalue weighted by atomic mass is 10.1. The summed E-state index contributed by atoms with van der Waals surface area (Å²) in [6, 6.07) is 8.14. The minimum absolute atomic E-state index is 0.221. The molecule has 1 unspecified atom stereocenters. The topological polar surface area (TPSA) is 73.8 Å². The highest BCUT2D eigenvalue weighted by Crippen LogP contribution is 2.27. The Bertz CT molecular complexity index is 750. The molecule has 1 heterocycles. The molecule has 0 bridgehead atoms. The van der Waals surface area contributed by atoms with Crippen molar-refractivity contribution >= 4 is 39.3 Å². The normalized spacial score (nSPS) is 18.1. The second-order valence-corrected chi connectivity index (χ2v) is 10.4. The fourth-order valence-corrected chi connectivity index (χ4v) is 5.70. The molecule has 0 aliphatic carbocycles. The van der Waals surface area contributed by atoms with Crippen LogP contribution in [0.1, 0.15) is 37.0 Å². The monoisotopic (exact) mass is 446 g/mol. The number of nitrogens with one attached hydrogen (secondary N) is 2. The van der Waals surface area contributed by atoms with Gasteiger partial charge in [0.15, 0.2) is 5.96 Å². The molecule has 1 aliphatic heterocycles. The fraction of sp³-hybridized carbons (Fsp3) is 0.632. The summed E-state index contributed by atoms with van der Waals surface area (Å²) in [6.45, 7) is 3.75. The Morgan fingerprint density at radius 2 is 2.11 bits per heavy atom. The molecule has 0 saturated carbocycles. The van der Waals surface area contributed by atoms with Crippen LogP contribution < -0.4 is 10.6 Å². The van der Waals surface area contributed by atoms with Gasteiger partial charge in [0, 0.05) is 43.0 Å². The van der Waals surface area contributed by atoms with Crippen LogP contribution in [0.5, 0.6) is 0 Å². The van der Waals surface area contributed by atoms with E-state index in [1.54, 1.807) is 23.1 Å². The van der Waals surface area contributed by atoms with Crippen LogP contribution in [0, 0.1) is 0 Å². The molecule has 1 aliphatic rings. The summed E-state index contributed by atoms with van der Waals surface area (Å²) >= 11 is 7.88. The Labute approximate surface area is 178 Å². The predicted molar refractivity (Wildman–Crippen MR) is 121 cm³/mol. The minimum atomic E-state index is -3.10. The summed E-state index contributed by atoms with van der Waals surface area (Å²) in [5, 5.41) is 7.83. The summed E-state index contributed by atoms with van der Waals surface area (Å²) in [6.07, 6.45) is 4.30. The quantitative estimate of drug-likeness (QED) is 0.474. The van der Waals surface area contributed by atoms with Gasteiger partial charge in [-0.25, -0.2) is 12.7 Å². The Kier molecular flexibility index (Phi) is 9.40. The van der Waals surface area contributed by atoms with Gasteiger partial charge in [0.25, 0.3) is 0 Å². The first-order valence-electron chi connectivity index (χ1n) is 9.62. The maximum atomic E-state index is 12.2. The van der Waals surface area contributed by atoms with Gasteiger partial charge in [-0.1, -0.05) is 30.7 Å². The van der Waals surface area contributed by atoms with E-state index in [4.69, 9.17) is 11.6 Å². The third-order valence-electron chi connectivity index (χ3n) is 4.83. The van der Waals surface area contributed by atoms with Crippen LogP contribution in [-0.2, 0) is 10.0 Å². The first kappa shape index (κ1) is 23.3. The second-order valence-electron chi connectivity index (χ2n) is 6.87. The molecule has 9 heteroatoms. The lowest BCUT2D eigenvalue weighted by molar-refractivity contribution is 0.306. The Hall–Kier alpha value is -0.960.